The molecule has 0 aliphatic carbocycles. The SMILES string of the molecule is COC(=O)c1ccc(N2CCC(N)C(OC)C2)s1. The highest BCUT2D eigenvalue weighted by molar-refractivity contribution is 7.17. The van der Waals surface area contributed by atoms with Crippen LogP contribution in [-0.4, -0.2) is 45.4 Å². The Bertz CT molecular complexity index is 421. The van der Waals surface area contributed by atoms with Crippen molar-refractivity contribution in [3.05, 3.63) is 17.0 Å². The Kier molecular flexibility index (Phi) is 4.21. The van der Waals surface area contributed by atoms with Gasteiger partial charge < -0.3 is 20.1 Å². The van der Waals surface area contributed by atoms with Crippen LogP contribution in [-0.2, 0) is 9.47 Å². The third kappa shape index (κ3) is 2.66. The molecular formula is C12H18N2O3S. The van der Waals surface area contributed by atoms with E-state index in [1.807, 2.05) is 6.07 Å². The van der Waals surface area contributed by atoms with E-state index >= 15 is 0 Å². The molecule has 0 radical (unpaired) electrons. The number of piperidine rings is 1. The van der Waals surface area contributed by atoms with Crippen LogP contribution in [0, 0.1) is 0 Å². The zero-order valence-electron chi connectivity index (χ0n) is 10.6. The molecule has 0 saturated carbocycles. The van der Waals surface area contributed by atoms with E-state index in [0.29, 0.717) is 4.88 Å². The number of rotatable bonds is 3. The molecule has 0 aromatic carbocycles. The lowest BCUT2D eigenvalue weighted by Gasteiger charge is -2.36. The number of thiophene rings is 1. The van der Waals surface area contributed by atoms with Crippen molar-refractivity contribution in [1.82, 2.24) is 0 Å². The highest BCUT2D eigenvalue weighted by atomic mass is 32.1. The lowest BCUT2D eigenvalue weighted by atomic mass is 10.0. The fourth-order valence-corrected chi connectivity index (χ4v) is 3.05. The van der Waals surface area contributed by atoms with Crippen molar-refractivity contribution in [1.29, 1.82) is 0 Å². The first-order valence-corrected chi connectivity index (χ1v) is 6.69. The predicted octanol–water partition coefficient (Wildman–Crippen LogP) is 1.09. The number of esters is 1. The van der Waals surface area contributed by atoms with E-state index in [1.165, 1.54) is 18.4 Å². The summed E-state index contributed by atoms with van der Waals surface area (Å²) in [4.78, 5) is 14.2. The standard InChI is InChI=1S/C12H18N2O3S/c1-16-9-7-14(6-5-8(9)13)11-4-3-10(18-11)12(15)17-2/h3-4,8-9H,5-7,13H2,1-2H3. The zero-order chi connectivity index (χ0) is 13.1. The average Bonchev–Trinajstić information content (AvgIpc) is 2.88. The molecule has 0 bridgehead atoms. The molecule has 18 heavy (non-hydrogen) atoms. The van der Waals surface area contributed by atoms with Gasteiger partial charge in [-0.2, -0.15) is 0 Å². The number of hydrogen-bond donors (Lipinski definition) is 1. The van der Waals surface area contributed by atoms with E-state index in [1.54, 1.807) is 13.2 Å². The fraction of sp³-hybridized carbons (Fsp3) is 0.583. The van der Waals surface area contributed by atoms with E-state index in [0.717, 1.165) is 24.5 Å². The quantitative estimate of drug-likeness (QED) is 0.833. The summed E-state index contributed by atoms with van der Waals surface area (Å²) in [6.45, 7) is 1.65. The maximum atomic E-state index is 11.4. The van der Waals surface area contributed by atoms with E-state index in [9.17, 15) is 4.79 Å². The fourth-order valence-electron chi connectivity index (χ4n) is 2.09. The highest BCUT2D eigenvalue weighted by Crippen LogP contribution is 2.29. The molecule has 2 heterocycles. The Morgan fingerprint density at radius 2 is 2.28 bits per heavy atom. The molecular weight excluding hydrogens is 252 g/mol. The Balaban J connectivity index is 2.07. The van der Waals surface area contributed by atoms with Gasteiger partial charge in [0.25, 0.3) is 0 Å². The van der Waals surface area contributed by atoms with Crippen LogP contribution in [0.1, 0.15) is 16.1 Å². The van der Waals surface area contributed by atoms with Gasteiger partial charge in [0.15, 0.2) is 0 Å². The Morgan fingerprint density at radius 1 is 1.50 bits per heavy atom. The molecule has 1 aliphatic rings. The predicted molar refractivity (Wildman–Crippen MR) is 71.3 cm³/mol. The van der Waals surface area contributed by atoms with Crippen LogP contribution in [0.2, 0.25) is 0 Å². The van der Waals surface area contributed by atoms with Crippen molar-refractivity contribution in [3.8, 4) is 0 Å². The minimum Gasteiger partial charge on any atom is -0.465 e. The summed E-state index contributed by atoms with van der Waals surface area (Å²) < 4.78 is 10.1. The average molecular weight is 270 g/mol. The van der Waals surface area contributed by atoms with Crippen molar-refractivity contribution in [2.45, 2.75) is 18.6 Å². The lowest BCUT2D eigenvalue weighted by Crippen LogP contribution is -2.51. The highest BCUT2D eigenvalue weighted by Gasteiger charge is 2.27. The van der Waals surface area contributed by atoms with E-state index in [4.69, 9.17) is 15.2 Å². The normalized spacial score (nSPS) is 24.1. The maximum Gasteiger partial charge on any atom is 0.348 e. The van der Waals surface area contributed by atoms with Crippen LogP contribution in [0.25, 0.3) is 0 Å². The molecule has 100 valence electrons. The summed E-state index contributed by atoms with van der Waals surface area (Å²) in [5.41, 5.74) is 5.98. The minimum atomic E-state index is -0.289. The molecule has 1 aromatic heterocycles. The first-order valence-electron chi connectivity index (χ1n) is 5.87. The lowest BCUT2D eigenvalue weighted by molar-refractivity contribution is 0.0606. The molecule has 5 nitrogen and oxygen atoms in total. The second kappa shape index (κ2) is 5.69. The van der Waals surface area contributed by atoms with Crippen LogP contribution in [0.5, 0.6) is 0 Å². The van der Waals surface area contributed by atoms with Crippen molar-refractivity contribution in [2.75, 3.05) is 32.2 Å². The van der Waals surface area contributed by atoms with Gasteiger partial charge in [-0.3, -0.25) is 0 Å². The van der Waals surface area contributed by atoms with Crippen molar-refractivity contribution < 1.29 is 14.3 Å². The smallest absolute Gasteiger partial charge is 0.348 e. The summed E-state index contributed by atoms with van der Waals surface area (Å²) in [7, 11) is 3.07. The molecule has 2 rings (SSSR count). The molecule has 2 unspecified atom stereocenters. The van der Waals surface area contributed by atoms with Crippen LogP contribution in [0.4, 0.5) is 5.00 Å². The van der Waals surface area contributed by atoms with Gasteiger partial charge in [-0.15, -0.1) is 11.3 Å². The summed E-state index contributed by atoms with van der Waals surface area (Å²) in [5.74, 6) is -0.289. The minimum absolute atomic E-state index is 0.0439. The monoisotopic (exact) mass is 270 g/mol. The molecule has 1 aliphatic heterocycles. The number of carbonyl (C=O) groups is 1. The number of methoxy groups -OCH3 is 2. The van der Waals surface area contributed by atoms with E-state index < -0.39 is 0 Å². The number of anilines is 1. The van der Waals surface area contributed by atoms with Crippen molar-refractivity contribution >= 4 is 22.3 Å². The summed E-state index contributed by atoms with van der Waals surface area (Å²) in [6.07, 6.45) is 0.937. The molecule has 0 spiro atoms. The van der Waals surface area contributed by atoms with Gasteiger partial charge in [0.05, 0.1) is 18.2 Å². The Morgan fingerprint density at radius 3 is 2.94 bits per heavy atom. The molecule has 6 heteroatoms. The van der Waals surface area contributed by atoms with Crippen LogP contribution in [0.15, 0.2) is 12.1 Å². The number of hydrogen-bond acceptors (Lipinski definition) is 6. The first-order chi connectivity index (χ1) is 8.65. The second-order valence-electron chi connectivity index (χ2n) is 4.30. The summed E-state index contributed by atoms with van der Waals surface area (Å²) in [6, 6.07) is 3.83. The van der Waals surface area contributed by atoms with E-state index in [-0.39, 0.29) is 18.1 Å². The molecule has 1 fully saturated rings. The molecule has 0 amide bonds. The van der Waals surface area contributed by atoms with Crippen LogP contribution < -0.4 is 10.6 Å². The third-order valence-electron chi connectivity index (χ3n) is 3.20. The first kappa shape index (κ1) is 13.3. The van der Waals surface area contributed by atoms with Crippen molar-refractivity contribution in [3.63, 3.8) is 0 Å². The topological polar surface area (TPSA) is 64.8 Å². The second-order valence-corrected chi connectivity index (χ2v) is 5.36. The molecule has 2 N–H and O–H groups in total. The maximum absolute atomic E-state index is 11.4. The van der Waals surface area contributed by atoms with Gasteiger partial charge in [-0.25, -0.2) is 4.79 Å². The van der Waals surface area contributed by atoms with Gasteiger partial charge in [-0.1, -0.05) is 0 Å². The summed E-state index contributed by atoms with van der Waals surface area (Å²) in [5, 5.41) is 1.06. The Labute approximate surface area is 110 Å². The largest absolute Gasteiger partial charge is 0.465 e. The molecule has 2 atom stereocenters. The van der Waals surface area contributed by atoms with Gasteiger partial charge in [0, 0.05) is 26.2 Å². The Hall–Kier alpha value is -1.11. The van der Waals surface area contributed by atoms with Gasteiger partial charge in [-0.05, 0) is 18.6 Å². The van der Waals surface area contributed by atoms with Crippen molar-refractivity contribution in [2.24, 2.45) is 5.73 Å². The van der Waals surface area contributed by atoms with Gasteiger partial charge in [0.1, 0.15) is 4.88 Å². The number of nitrogens with two attached hydrogens (primary N) is 1. The molecule has 1 aromatic rings. The zero-order valence-corrected chi connectivity index (χ0v) is 11.4. The number of ether oxygens (including phenoxy) is 2. The van der Waals surface area contributed by atoms with E-state index in [2.05, 4.69) is 4.90 Å². The number of carbonyl (C=O) groups excluding carboxylic acids is 1. The number of nitrogens with zero attached hydrogens (tertiary/aromatic N) is 1. The van der Waals surface area contributed by atoms with Gasteiger partial charge >= 0.3 is 5.97 Å². The molecule has 1 saturated heterocycles. The summed E-state index contributed by atoms with van der Waals surface area (Å²) >= 11 is 1.44. The van der Waals surface area contributed by atoms with Crippen LogP contribution in [0.3, 0.4) is 0 Å². The third-order valence-corrected chi connectivity index (χ3v) is 4.33. The van der Waals surface area contributed by atoms with Gasteiger partial charge in [0.2, 0.25) is 0 Å². The van der Waals surface area contributed by atoms with Crippen LogP contribution >= 0.6 is 11.3 Å².